The maximum absolute atomic E-state index is 10.8. The van der Waals surface area contributed by atoms with Gasteiger partial charge in [0.2, 0.25) is 0 Å². The minimum absolute atomic E-state index is 0.305. The standard InChI is InChI=1S/C13H21NO2S/c1-4-11-6-7-12(17-11)9-14(5-2)8-10(3)13(15)16/h6-7,10H,4-5,8-9H2,1-3H3,(H,15,16). The van der Waals surface area contributed by atoms with Crippen LogP contribution in [-0.4, -0.2) is 29.1 Å². The quantitative estimate of drug-likeness (QED) is 0.814. The van der Waals surface area contributed by atoms with Crippen molar-refractivity contribution < 1.29 is 9.90 Å². The Labute approximate surface area is 107 Å². The number of hydrogen-bond donors (Lipinski definition) is 1. The highest BCUT2D eigenvalue weighted by molar-refractivity contribution is 7.11. The summed E-state index contributed by atoms with van der Waals surface area (Å²) in [5.74, 6) is -1.02. The molecule has 96 valence electrons. The van der Waals surface area contributed by atoms with Crippen LogP contribution < -0.4 is 0 Å². The van der Waals surface area contributed by atoms with Crippen molar-refractivity contribution in [2.75, 3.05) is 13.1 Å². The second-order valence-electron chi connectivity index (χ2n) is 4.29. The second-order valence-corrected chi connectivity index (χ2v) is 5.54. The van der Waals surface area contributed by atoms with Gasteiger partial charge in [-0.1, -0.05) is 20.8 Å². The molecule has 1 heterocycles. The number of carboxylic acid groups (broad SMARTS) is 1. The zero-order valence-electron chi connectivity index (χ0n) is 10.8. The van der Waals surface area contributed by atoms with Crippen LogP contribution in [0.1, 0.15) is 30.5 Å². The molecule has 4 heteroatoms. The van der Waals surface area contributed by atoms with Crippen molar-refractivity contribution >= 4 is 17.3 Å². The molecule has 3 nitrogen and oxygen atoms in total. The minimum atomic E-state index is -0.719. The molecule has 1 rings (SSSR count). The summed E-state index contributed by atoms with van der Waals surface area (Å²) >= 11 is 1.82. The van der Waals surface area contributed by atoms with E-state index in [2.05, 4.69) is 30.9 Å². The summed E-state index contributed by atoms with van der Waals surface area (Å²) in [5, 5.41) is 8.91. The molecule has 0 aromatic carbocycles. The first-order valence-electron chi connectivity index (χ1n) is 6.09. The molecule has 1 aromatic rings. The zero-order chi connectivity index (χ0) is 12.8. The molecular formula is C13H21NO2S. The van der Waals surface area contributed by atoms with E-state index in [1.807, 2.05) is 11.3 Å². The molecule has 0 aliphatic rings. The molecule has 0 saturated heterocycles. The summed E-state index contributed by atoms with van der Waals surface area (Å²) in [6.07, 6.45) is 1.07. The monoisotopic (exact) mass is 255 g/mol. The molecular weight excluding hydrogens is 234 g/mol. The fraction of sp³-hybridized carbons (Fsp3) is 0.615. The van der Waals surface area contributed by atoms with E-state index in [4.69, 9.17) is 5.11 Å². The molecule has 0 fully saturated rings. The Kier molecular flexibility index (Phi) is 5.65. The first-order valence-corrected chi connectivity index (χ1v) is 6.91. The molecule has 0 radical (unpaired) electrons. The molecule has 1 atom stereocenters. The Hall–Kier alpha value is -0.870. The van der Waals surface area contributed by atoms with Gasteiger partial charge in [0, 0.05) is 22.8 Å². The summed E-state index contributed by atoms with van der Waals surface area (Å²) in [6.45, 7) is 8.35. The lowest BCUT2D eigenvalue weighted by Gasteiger charge is -2.21. The van der Waals surface area contributed by atoms with E-state index in [0.717, 1.165) is 19.5 Å². The summed E-state index contributed by atoms with van der Waals surface area (Å²) in [7, 11) is 0. The number of rotatable bonds is 7. The van der Waals surface area contributed by atoms with Crippen molar-refractivity contribution in [2.45, 2.75) is 33.7 Å². The Morgan fingerprint density at radius 3 is 2.53 bits per heavy atom. The smallest absolute Gasteiger partial charge is 0.307 e. The number of carbonyl (C=O) groups is 1. The maximum Gasteiger partial charge on any atom is 0.307 e. The van der Waals surface area contributed by atoms with Gasteiger partial charge in [-0.15, -0.1) is 11.3 Å². The summed E-state index contributed by atoms with van der Waals surface area (Å²) < 4.78 is 0. The van der Waals surface area contributed by atoms with Gasteiger partial charge in [0.05, 0.1) is 5.92 Å². The van der Waals surface area contributed by atoms with Gasteiger partial charge in [-0.05, 0) is 25.1 Å². The highest BCUT2D eigenvalue weighted by Crippen LogP contribution is 2.19. The number of aliphatic carboxylic acids is 1. The van der Waals surface area contributed by atoms with Crippen LogP contribution in [0.25, 0.3) is 0 Å². The van der Waals surface area contributed by atoms with E-state index in [9.17, 15) is 4.79 Å². The molecule has 0 amide bonds. The molecule has 1 unspecified atom stereocenters. The topological polar surface area (TPSA) is 40.5 Å². The molecule has 0 aliphatic heterocycles. The van der Waals surface area contributed by atoms with Gasteiger partial charge in [0.15, 0.2) is 0 Å². The third-order valence-electron chi connectivity index (χ3n) is 2.85. The van der Waals surface area contributed by atoms with E-state index in [1.165, 1.54) is 9.75 Å². The third kappa shape index (κ3) is 4.48. The maximum atomic E-state index is 10.8. The number of hydrogen-bond acceptors (Lipinski definition) is 3. The average molecular weight is 255 g/mol. The van der Waals surface area contributed by atoms with E-state index >= 15 is 0 Å². The fourth-order valence-corrected chi connectivity index (χ4v) is 2.69. The Balaban J connectivity index is 2.54. The van der Waals surface area contributed by atoms with Crippen molar-refractivity contribution in [3.63, 3.8) is 0 Å². The molecule has 0 spiro atoms. The predicted octanol–water partition coefficient (Wildman–Crippen LogP) is 2.85. The van der Waals surface area contributed by atoms with Crippen molar-refractivity contribution in [1.29, 1.82) is 0 Å². The van der Waals surface area contributed by atoms with Crippen LogP contribution in [0.3, 0.4) is 0 Å². The molecule has 0 bridgehead atoms. The second kappa shape index (κ2) is 6.77. The highest BCUT2D eigenvalue weighted by Gasteiger charge is 2.15. The largest absolute Gasteiger partial charge is 0.481 e. The van der Waals surface area contributed by atoms with Crippen LogP contribution in [0.15, 0.2) is 12.1 Å². The van der Waals surface area contributed by atoms with Gasteiger partial charge in [0.1, 0.15) is 0 Å². The van der Waals surface area contributed by atoms with Crippen molar-refractivity contribution in [3.05, 3.63) is 21.9 Å². The third-order valence-corrected chi connectivity index (χ3v) is 4.06. The van der Waals surface area contributed by atoms with Crippen LogP contribution in [0.5, 0.6) is 0 Å². The first kappa shape index (κ1) is 14.2. The van der Waals surface area contributed by atoms with Gasteiger partial charge >= 0.3 is 5.97 Å². The molecule has 1 N–H and O–H groups in total. The molecule has 17 heavy (non-hydrogen) atoms. The molecule has 0 aliphatic carbocycles. The molecule has 1 aromatic heterocycles. The van der Waals surface area contributed by atoms with E-state index in [-0.39, 0.29) is 5.92 Å². The Morgan fingerprint density at radius 2 is 2.06 bits per heavy atom. The van der Waals surface area contributed by atoms with Crippen LogP contribution in [0.2, 0.25) is 0 Å². The van der Waals surface area contributed by atoms with Crippen molar-refractivity contribution in [2.24, 2.45) is 5.92 Å². The summed E-state index contributed by atoms with van der Waals surface area (Å²) in [5.41, 5.74) is 0. The number of nitrogens with zero attached hydrogens (tertiary/aromatic N) is 1. The lowest BCUT2D eigenvalue weighted by Crippen LogP contribution is -2.31. The number of thiophene rings is 1. The van der Waals surface area contributed by atoms with Gasteiger partial charge in [-0.2, -0.15) is 0 Å². The normalized spacial score (nSPS) is 12.9. The van der Waals surface area contributed by atoms with E-state index in [1.54, 1.807) is 6.92 Å². The molecule has 0 saturated carbocycles. The van der Waals surface area contributed by atoms with Crippen LogP contribution in [0.4, 0.5) is 0 Å². The minimum Gasteiger partial charge on any atom is -0.481 e. The lowest BCUT2D eigenvalue weighted by atomic mass is 10.1. The van der Waals surface area contributed by atoms with E-state index in [0.29, 0.717) is 6.54 Å². The first-order chi connectivity index (χ1) is 8.06. The predicted molar refractivity (Wildman–Crippen MR) is 71.4 cm³/mol. The van der Waals surface area contributed by atoms with Crippen molar-refractivity contribution in [3.8, 4) is 0 Å². The van der Waals surface area contributed by atoms with Gasteiger partial charge in [-0.3, -0.25) is 9.69 Å². The van der Waals surface area contributed by atoms with E-state index < -0.39 is 5.97 Å². The Bertz CT molecular complexity index is 362. The van der Waals surface area contributed by atoms with Gasteiger partial charge < -0.3 is 5.11 Å². The van der Waals surface area contributed by atoms with Crippen LogP contribution in [0, 0.1) is 5.92 Å². The SMILES string of the molecule is CCc1ccc(CN(CC)CC(C)C(=O)O)s1. The zero-order valence-corrected chi connectivity index (χ0v) is 11.6. The number of carboxylic acids is 1. The van der Waals surface area contributed by atoms with Crippen LogP contribution in [-0.2, 0) is 17.8 Å². The van der Waals surface area contributed by atoms with Crippen molar-refractivity contribution in [1.82, 2.24) is 4.90 Å². The highest BCUT2D eigenvalue weighted by atomic mass is 32.1. The van der Waals surface area contributed by atoms with Crippen LogP contribution >= 0.6 is 11.3 Å². The summed E-state index contributed by atoms with van der Waals surface area (Å²) in [6, 6.07) is 4.31. The summed E-state index contributed by atoms with van der Waals surface area (Å²) in [4.78, 5) is 15.7. The van der Waals surface area contributed by atoms with Gasteiger partial charge in [0.25, 0.3) is 0 Å². The average Bonchev–Trinajstić information content (AvgIpc) is 2.75. The lowest BCUT2D eigenvalue weighted by molar-refractivity contribution is -0.141. The van der Waals surface area contributed by atoms with Gasteiger partial charge in [-0.25, -0.2) is 0 Å². The Morgan fingerprint density at radius 1 is 1.41 bits per heavy atom. The fourth-order valence-electron chi connectivity index (χ4n) is 1.69. The number of aryl methyl sites for hydroxylation is 1.